The summed E-state index contributed by atoms with van der Waals surface area (Å²) in [6.07, 6.45) is 0. The zero-order valence-electron chi connectivity index (χ0n) is 10.7. The monoisotopic (exact) mass is 251 g/mol. The van der Waals surface area contributed by atoms with Gasteiger partial charge in [-0.15, -0.1) is 0 Å². The molecule has 1 amide bonds. The molecule has 0 spiro atoms. The largest absolute Gasteiger partial charge is 0.479 e. The van der Waals surface area contributed by atoms with E-state index in [0.29, 0.717) is 5.56 Å². The van der Waals surface area contributed by atoms with Gasteiger partial charge in [-0.1, -0.05) is 17.7 Å². The zero-order chi connectivity index (χ0) is 13.8. The summed E-state index contributed by atoms with van der Waals surface area (Å²) in [5.41, 5.74) is 0.0186. The molecule has 0 aliphatic heterocycles. The number of carbonyl (C=O) groups excluding carboxylic acids is 1. The first-order valence-electron chi connectivity index (χ1n) is 5.50. The first kappa shape index (κ1) is 14.2. The lowest BCUT2D eigenvalue weighted by Gasteiger charge is -2.25. The van der Waals surface area contributed by atoms with Crippen molar-refractivity contribution >= 4 is 11.9 Å². The number of methoxy groups -OCH3 is 1. The van der Waals surface area contributed by atoms with Gasteiger partial charge in [0.2, 0.25) is 0 Å². The van der Waals surface area contributed by atoms with E-state index < -0.39 is 17.4 Å². The highest BCUT2D eigenvalue weighted by Gasteiger charge is 2.35. The standard InChI is InChI=1S/C13H17NO4/c1-9-4-6-10(7-5-9)11(15)14-13(2,8-18-3)12(16)17/h4-7H,8H2,1-3H3,(H,14,15)(H,16,17). The SMILES string of the molecule is COCC(C)(NC(=O)c1ccc(C)cc1)C(=O)O. The van der Waals surface area contributed by atoms with Crippen molar-refractivity contribution in [1.82, 2.24) is 5.32 Å². The second-order valence-corrected chi connectivity index (χ2v) is 4.39. The zero-order valence-corrected chi connectivity index (χ0v) is 10.7. The topological polar surface area (TPSA) is 75.6 Å². The van der Waals surface area contributed by atoms with Crippen LogP contribution >= 0.6 is 0 Å². The highest BCUT2D eigenvalue weighted by Crippen LogP contribution is 2.09. The normalized spacial score (nSPS) is 13.7. The van der Waals surface area contributed by atoms with E-state index in [1.54, 1.807) is 24.3 Å². The molecule has 1 unspecified atom stereocenters. The quantitative estimate of drug-likeness (QED) is 0.825. The second-order valence-electron chi connectivity index (χ2n) is 4.39. The van der Waals surface area contributed by atoms with Crippen molar-refractivity contribution in [2.75, 3.05) is 13.7 Å². The Morgan fingerprint density at radius 1 is 1.33 bits per heavy atom. The molecule has 0 saturated heterocycles. The number of aliphatic carboxylic acids is 1. The molecule has 1 aromatic rings. The highest BCUT2D eigenvalue weighted by molar-refractivity contribution is 5.97. The van der Waals surface area contributed by atoms with Crippen LogP contribution in [0.15, 0.2) is 24.3 Å². The Hall–Kier alpha value is -1.88. The molecule has 0 fully saturated rings. The number of rotatable bonds is 5. The van der Waals surface area contributed by atoms with Gasteiger partial charge in [-0.25, -0.2) is 4.79 Å². The Morgan fingerprint density at radius 3 is 2.33 bits per heavy atom. The Kier molecular flexibility index (Phi) is 4.44. The summed E-state index contributed by atoms with van der Waals surface area (Å²) in [5, 5.41) is 11.6. The van der Waals surface area contributed by atoms with Gasteiger partial charge in [0.15, 0.2) is 5.54 Å². The van der Waals surface area contributed by atoms with Crippen molar-refractivity contribution in [1.29, 1.82) is 0 Å². The Labute approximate surface area is 106 Å². The fourth-order valence-electron chi connectivity index (χ4n) is 1.47. The summed E-state index contributed by atoms with van der Waals surface area (Å²) in [7, 11) is 1.39. The Morgan fingerprint density at radius 2 is 1.89 bits per heavy atom. The predicted molar refractivity (Wildman–Crippen MR) is 66.6 cm³/mol. The lowest BCUT2D eigenvalue weighted by atomic mass is 10.0. The molecule has 0 radical (unpaired) electrons. The number of amides is 1. The van der Waals surface area contributed by atoms with Crippen molar-refractivity contribution in [2.45, 2.75) is 19.4 Å². The molecule has 0 aromatic heterocycles. The van der Waals surface area contributed by atoms with Crippen LogP contribution in [0, 0.1) is 6.92 Å². The number of carboxylic acids is 1. The lowest BCUT2D eigenvalue weighted by Crippen LogP contribution is -2.55. The molecule has 1 rings (SSSR count). The molecule has 1 aromatic carbocycles. The Balaban J connectivity index is 2.85. The predicted octanol–water partition coefficient (Wildman–Crippen LogP) is 1.21. The number of carboxylic acid groups (broad SMARTS) is 1. The van der Waals surface area contributed by atoms with Gasteiger partial charge in [-0.05, 0) is 26.0 Å². The maximum absolute atomic E-state index is 11.9. The molecule has 0 heterocycles. The highest BCUT2D eigenvalue weighted by atomic mass is 16.5. The second kappa shape index (κ2) is 5.64. The van der Waals surface area contributed by atoms with Crippen molar-refractivity contribution in [3.63, 3.8) is 0 Å². The van der Waals surface area contributed by atoms with Crippen LogP contribution in [-0.2, 0) is 9.53 Å². The average molecular weight is 251 g/mol. The number of aryl methyl sites for hydroxylation is 1. The fraction of sp³-hybridized carbons (Fsp3) is 0.385. The van der Waals surface area contributed by atoms with E-state index in [-0.39, 0.29) is 6.61 Å². The van der Waals surface area contributed by atoms with Gasteiger partial charge in [0, 0.05) is 12.7 Å². The van der Waals surface area contributed by atoms with Crippen LogP contribution in [0.25, 0.3) is 0 Å². The third-order valence-electron chi connectivity index (χ3n) is 2.61. The minimum atomic E-state index is -1.43. The molecule has 18 heavy (non-hydrogen) atoms. The molecule has 0 aliphatic carbocycles. The van der Waals surface area contributed by atoms with E-state index in [1.165, 1.54) is 14.0 Å². The van der Waals surface area contributed by atoms with Gasteiger partial charge in [0.25, 0.3) is 5.91 Å². The van der Waals surface area contributed by atoms with Gasteiger partial charge in [0.1, 0.15) is 0 Å². The van der Waals surface area contributed by atoms with Gasteiger partial charge in [0.05, 0.1) is 6.61 Å². The number of ether oxygens (including phenoxy) is 1. The number of carbonyl (C=O) groups is 2. The van der Waals surface area contributed by atoms with Crippen LogP contribution in [0.1, 0.15) is 22.8 Å². The first-order valence-corrected chi connectivity index (χ1v) is 5.50. The number of benzene rings is 1. The molecular weight excluding hydrogens is 234 g/mol. The van der Waals surface area contributed by atoms with Crippen LogP contribution < -0.4 is 5.32 Å². The van der Waals surface area contributed by atoms with E-state index in [4.69, 9.17) is 9.84 Å². The molecule has 98 valence electrons. The molecule has 5 heteroatoms. The molecule has 0 saturated carbocycles. The van der Waals surface area contributed by atoms with E-state index in [0.717, 1.165) is 5.56 Å². The summed E-state index contributed by atoms with van der Waals surface area (Å²) in [6, 6.07) is 6.90. The third kappa shape index (κ3) is 3.30. The van der Waals surface area contributed by atoms with Crippen molar-refractivity contribution in [2.24, 2.45) is 0 Å². The molecule has 5 nitrogen and oxygen atoms in total. The number of hydrogen-bond acceptors (Lipinski definition) is 3. The number of nitrogens with one attached hydrogen (secondary N) is 1. The van der Waals surface area contributed by atoms with E-state index in [1.807, 2.05) is 6.92 Å². The van der Waals surface area contributed by atoms with Crippen molar-refractivity contribution in [3.05, 3.63) is 35.4 Å². The maximum atomic E-state index is 11.9. The van der Waals surface area contributed by atoms with Crippen molar-refractivity contribution in [3.8, 4) is 0 Å². The summed E-state index contributed by atoms with van der Waals surface area (Å²) in [5.74, 6) is -1.57. The van der Waals surface area contributed by atoms with Crippen LogP contribution in [0.3, 0.4) is 0 Å². The van der Waals surface area contributed by atoms with Crippen LogP contribution in [0.5, 0.6) is 0 Å². The lowest BCUT2D eigenvalue weighted by molar-refractivity contribution is -0.145. The minimum absolute atomic E-state index is 0.0973. The van der Waals surface area contributed by atoms with E-state index in [9.17, 15) is 9.59 Å². The molecular formula is C13H17NO4. The molecule has 2 N–H and O–H groups in total. The summed E-state index contributed by atoms with van der Waals surface area (Å²) in [4.78, 5) is 23.1. The van der Waals surface area contributed by atoms with E-state index in [2.05, 4.69) is 5.32 Å². The van der Waals surface area contributed by atoms with Gasteiger partial charge >= 0.3 is 5.97 Å². The van der Waals surface area contributed by atoms with Gasteiger partial charge in [-0.2, -0.15) is 0 Å². The summed E-state index contributed by atoms with van der Waals surface area (Å²) in [6.45, 7) is 3.22. The third-order valence-corrected chi connectivity index (χ3v) is 2.61. The minimum Gasteiger partial charge on any atom is -0.479 e. The smallest absolute Gasteiger partial charge is 0.331 e. The Bertz CT molecular complexity index is 441. The number of hydrogen-bond donors (Lipinski definition) is 2. The molecule has 0 bridgehead atoms. The van der Waals surface area contributed by atoms with Crippen molar-refractivity contribution < 1.29 is 19.4 Å². The van der Waals surface area contributed by atoms with Crippen LogP contribution in [0.2, 0.25) is 0 Å². The summed E-state index contributed by atoms with van der Waals surface area (Å²) >= 11 is 0. The van der Waals surface area contributed by atoms with Gasteiger partial charge in [-0.3, -0.25) is 4.79 Å². The summed E-state index contributed by atoms with van der Waals surface area (Å²) < 4.78 is 4.83. The van der Waals surface area contributed by atoms with Crippen LogP contribution in [0.4, 0.5) is 0 Å². The molecule has 1 atom stereocenters. The first-order chi connectivity index (χ1) is 8.39. The van der Waals surface area contributed by atoms with Crippen LogP contribution in [-0.4, -0.2) is 36.2 Å². The molecule has 0 aliphatic rings. The fourth-order valence-corrected chi connectivity index (χ4v) is 1.47. The maximum Gasteiger partial charge on any atom is 0.331 e. The van der Waals surface area contributed by atoms with E-state index >= 15 is 0 Å². The van der Waals surface area contributed by atoms with Gasteiger partial charge < -0.3 is 15.2 Å². The average Bonchev–Trinajstić information content (AvgIpc) is 2.29.